The zero-order chi connectivity index (χ0) is 18.7. The number of ether oxygens (including phenoxy) is 1. The van der Waals surface area contributed by atoms with Crippen molar-refractivity contribution < 1.29 is 9.53 Å². The van der Waals surface area contributed by atoms with E-state index in [0.29, 0.717) is 6.54 Å². The number of rotatable bonds is 5. The number of nitrogens with zero attached hydrogens (tertiary/aromatic N) is 3. The summed E-state index contributed by atoms with van der Waals surface area (Å²) in [5, 5.41) is 7.71. The monoisotopic (exact) mass is 356 g/mol. The molecule has 2 atom stereocenters. The van der Waals surface area contributed by atoms with E-state index in [9.17, 15) is 4.79 Å². The van der Waals surface area contributed by atoms with Gasteiger partial charge in [0.2, 0.25) is 0 Å². The van der Waals surface area contributed by atoms with E-state index in [0.717, 1.165) is 42.1 Å². The highest BCUT2D eigenvalue weighted by atomic mass is 16.5. The Balaban J connectivity index is 1.68. The number of hydrogen-bond donors (Lipinski definition) is 1. The van der Waals surface area contributed by atoms with E-state index in [1.807, 2.05) is 62.8 Å². The molecule has 6 nitrogen and oxygen atoms in total. The van der Waals surface area contributed by atoms with Crippen LogP contribution in [0, 0.1) is 13.8 Å². The fraction of sp³-hybridized carbons (Fsp3) is 0.500. The second kappa shape index (κ2) is 7.91. The van der Waals surface area contributed by atoms with Gasteiger partial charge in [0.25, 0.3) is 0 Å². The molecular weight excluding hydrogens is 328 g/mol. The molecule has 3 rings (SSSR count). The SMILES string of the molecule is Cc1nn(-c2ccccc2)c(C)c1CN(C)C(=O)N[C@@H](C)[C@H]1CCCO1. The second-order valence-electron chi connectivity index (χ2n) is 7.04. The van der Waals surface area contributed by atoms with Crippen LogP contribution in [0.25, 0.3) is 5.69 Å². The van der Waals surface area contributed by atoms with Crippen LogP contribution in [0.1, 0.15) is 36.7 Å². The molecule has 140 valence electrons. The molecule has 0 radical (unpaired) electrons. The van der Waals surface area contributed by atoms with Crippen LogP contribution in [0.4, 0.5) is 4.79 Å². The van der Waals surface area contributed by atoms with Gasteiger partial charge in [-0.25, -0.2) is 9.48 Å². The number of aromatic nitrogens is 2. The lowest BCUT2D eigenvalue weighted by Gasteiger charge is -2.24. The molecule has 26 heavy (non-hydrogen) atoms. The highest BCUT2D eigenvalue weighted by Crippen LogP contribution is 2.20. The minimum absolute atomic E-state index is 0.0154. The van der Waals surface area contributed by atoms with Gasteiger partial charge in [-0.1, -0.05) is 18.2 Å². The molecule has 2 heterocycles. The summed E-state index contributed by atoms with van der Waals surface area (Å²) in [6.07, 6.45) is 2.20. The van der Waals surface area contributed by atoms with Gasteiger partial charge in [0.05, 0.1) is 30.1 Å². The molecule has 0 spiro atoms. The van der Waals surface area contributed by atoms with E-state index in [1.165, 1.54) is 0 Å². The van der Waals surface area contributed by atoms with E-state index in [2.05, 4.69) is 10.4 Å². The number of hydrogen-bond acceptors (Lipinski definition) is 3. The molecule has 1 aromatic heterocycles. The lowest BCUT2D eigenvalue weighted by molar-refractivity contribution is 0.0838. The summed E-state index contributed by atoms with van der Waals surface area (Å²) in [6.45, 7) is 7.35. The molecule has 2 amide bonds. The first-order chi connectivity index (χ1) is 12.5. The number of urea groups is 1. The van der Waals surface area contributed by atoms with Crippen molar-refractivity contribution >= 4 is 6.03 Å². The van der Waals surface area contributed by atoms with Gasteiger partial charge in [0, 0.05) is 24.9 Å². The van der Waals surface area contributed by atoms with Crippen LogP contribution < -0.4 is 5.32 Å². The summed E-state index contributed by atoms with van der Waals surface area (Å²) in [4.78, 5) is 14.3. The molecule has 1 saturated heterocycles. The van der Waals surface area contributed by atoms with Gasteiger partial charge in [-0.3, -0.25) is 0 Å². The predicted octanol–water partition coefficient (Wildman–Crippen LogP) is 3.20. The Kier molecular flexibility index (Phi) is 5.61. The van der Waals surface area contributed by atoms with E-state index in [-0.39, 0.29) is 18.2 Å². The van der Waals surface area contributed by atoms with Crippen molar-refractivity contribution in [3.63, 3.8) is 0 Å². The van der Waals surface area contributed by atoms with Crippen molar-refractivity contribution in [3.8, 4) is 5.69 Å². The fourth-order valence-electron chi connectivity index (χ4n) is 3.43. The first kappa shape index (κ1) is 18.5. The smallest absolute Gasteiger partial charge is 0.317 e. The van der Waals surface area contributed by atoms with Crippen molar-refractivity contribution in [1.29, 1.82) is 0 Å². The Labute approximate surface area is 155 Å². The quantitative estimate of drug-likeness (QED) is 0.895. The van der Waals surface area contributed by atoms with Crippen LogP contribution in [0.3, 0.4) is 0 Å². The zero-order valence-electron chi connectivity index (χ0n) is 16.0. The highest BCUT2D eigenvalue weighted by Gasteiger charge is 2.25. The number of benzene rings is 1. The van der Waals surface area contributed by atoms with E-state index >= 15 is 0 Å². The van der Waals surface area contributed by atoms with Gasteiger partial charge in [0.15, 0.2) is 0 Å². The van der Waals surface area contributed by atoms with Crippen LogP contribution in [-0.4, -0.2) is 46.5 Å². The Morgan fingerprint density at radius 2 is 2.12 bits per heavy atom. The molecule has 1 aromatic carbocycles. The van der Waals surface area contributed by atoms with Gasteiger partial charge >= 0.3 is 6.03 Å². The van der Waals surface area contributed by atoms with Gasteiger partial charge in [0.1, 0.15) is 0 Å². The largest absolute Gasteiger partial charge is 0.376 e. The van der Waals surface area contributed by atoms with Crippen molar-refractivity contribution in [2.45, 2.75) is 52.3 Å². The summed E-state index contributed by atoms with van der Waals surface area (Å²) in [5.74, 6) is 0. The number of carbonyl (C=O) groups is 1. The van der Waals surface area contributed by atoms with Crippen LogP contribution >= 0.6 is 0 Å². The third-order valence-electron chi connectivity index (χ3n) is 5.06. The molecule has 0 bridgehead atoms. The molecule has 1 N–H and O–H groups in total. The maximum Gasteiger partial charge on any atom is 0.317 e. The van der Waals surface area contributed by atoms with Crippen LogP contribution in [0.15, 0.2) is 30.3 Å². The normalized spacial score (nSPS) is 17.9. The third kappa shape index (κ3) is 3.90. The fourth-order valence-corrected chi connectivity index (χ4v) is 3.43. The lowest BCUT2D eigenvalue weighted by Crippen LogP contribution is -2.46. The summed E-state index contributed by atoms with van der Waals surface area (Å²) in [7, 11) is 1.82. The van der Waals surface area contributed by atoms with Crippen molar-refractivity contribution in [2.24, 2.45) is 0 Å². The molecule has 6 heteroatoms. The summed E-state index contributed by atoms with van der Waals surface area (Å²) in [5.41, 5.74) is 4.11. The Morgan fingerprint density at radius 3 is 2.77 bits per heavy atom. The molecule has 0 unspecified atom stereocenters. The molecule has 0 saturated carbocycles. The minimum atomic E-state index is -0.0840. The minimum Gasteiger partial charge on any atom is -0.376 e. The highest BCUT2D eigenvalue weighted by molar-refractivity contribution is 5.74. The number of para-hydroxylation sites is 1. The maximum atomic E-state index is 12.5. The number of carbonyl (C=O) groups excluding carboxylic acids is 1. The maximum absolute atomic E-state index is 12.5. The van der Waals surface area contributed by atoms with Crippen molar-refractivity contribution in [1.82, 2.24) is 20.0 Å². The molecular formula is C20H28N4O2. The number of nitrogens with one attached hydrogen (secondary N) is 1. The Bertz CT molecular complexity index is 751. The number of aryl methyl sites for hydroxylation is 1. The summed E-state index contributed by atoms with van der Waals surface area (Å²) >= 11 is 0. The average molecular weight is 356 g/mol. The van der Waals surface area contributed by atoms with Crippen LogP contribution in [-0.2, 0) is 11.3 Å². The first-order valence-corrected chi connectivity index (χ1v) is 9.21. The van der Waals surface area contributed by atoms with E-state index in [1.54, 1.807) is 4.90 Å². The Hall–Kier alpha value is -2.34. The average Bonchev–Trinajstić information content (AvgIpc) is 3.26. The van der Waals surface area contributed by atoms with Crippen LogP contribution in [0.5, 0.6) is 0 Å². The molecule has 1 aliphatic heterocycles. The third-order valence-corrected chi connectivity index (χ3v) is 5.06. The van der Waals surface area contributed by atoms with Gasteiger partial charge in [-0.15, -0.1) is 0 Å². The van der Waals surface area contributed by atoms with E-state index in [4.69, 9.17) is 4.74 Å². The molecule has 0 aliphatic carbocycles. The van der Waals surface area contributed by atoms with Gasteiger partial charge in [-0.2, -0.15) is 5.10 Å². The summed E-state index contributed by atoms with van der Waals surface area (Å²) in [6, 6.07) is 9.98. The van der Waals surface area contributed by atoms with Crippen molar-refractivity contribution in [2.75, 3.05) is 13.7 Å². The van der Waals surface area contributed by atoms with E-state index < -0.39 is 0 Å². The zero-order valence-corrected chi connectivity index (χ0v) is 16.0. The molecule has 1 fully saturated rings. The first-order valence-electron chi connectivity index (χ1n) is 9.21. The number of amides is 2. The topological polar surface area (TPSA) is 59.4 Å². The van der Waals surface area contributed by atoms with Gasteiger partial charge < -0.3 is 15.0 Å². The molecule has 1 aliphatic rings. The van der Waals surface area contributed by atoms with Crippen LogP contribution in [0.2, 0.25) is 0 Å². The lowest BCUT2D eigenvalue weighted by atomic mass is 10.1. The Morgan fingerprint density at radius 1 is 1.38 bits per heavy atom. The van der Waals surface area contributed by atoms with Crippen molar-refractivity contribution in [3.05, 3.63) is 47.3 Å². The second-order valence-corrected chi connectivity index (χ2v) is 7.04. The molecule has 2 aromatic rings. The predicted molar refractivity (Wildman–Crippen MR) is 101 cm³/mol. The summed E-state index contributed by atoms with van der Waals surface area (Å²) < 4.78 is 7.59. The standard InChI is InChI=1S/C20H28N4O2/c1-14-18(16(3)24(22-14)17-9-6-5-7-10-17)13-23(4)20(25)21-15(2)19-11-8-12-26-19/h5-7,9-10,15,19H,8,11-13H2,1-4H3,(H,21,25)/t15-,19+/m0/s1. The van der Waals surface area contributed by atoms with Gasteiger partial charge in [-0.05, 0) is 45.7 Å².